The van der Waals surface area contributed by atoms with Crippen molar-refractivity contribution in [3.05, 3.63) is 35.9 Å². The average molecular weight is 233 g/mol. The van der Waals surface area contributed by atoms with Gasteiger partial charge in [0.1, 0.15) is 0 Å². The van der Waals surface area contributed by atoms with E-state index in [0.717, 1.165) is 6.42 Å². The quantitative estimate of drug-likeness (QED) is 0.815. The van der Waals surface area contributed by atoms with Gasteiger partial charge >= 0.3 is 0 Å². The van der Waals surface area contributed by atoms with Crippen LogP contribution in [0, 0.1) is 5.92 Å². The van der Waals surface area contributed by atoms with Crippen LogP contribution < -0.4 is 5.48 Å². The fourth-order valence-electron chi connectivity index (χ4n) is 1.83. The molecule has 1 aromatic carbocycles. The van der Waals surface area contributed by atoms with Gasteiger partial charge in [-0.05, 0) is 38.7 Å². The lowest BCUT2D eigenvalue weighted by atomic mass is 10.1. The Morgan fingerprint density at radius 1 is 1.29 bits per heavy atom. The zero-order valence-electron chi connectivity index (χ0n) is 10.6. The van der Waals surface area contributed by atoms with Gasteiger partial charge < -0.3 is 0 Å². The number of benzene rings is 1. The predicted octanol–water partition coefficient (Wildman–Crippen LogP) is 2.64. The van der Waals surface area contributed by atoms with Crippen LogP contribution in [0.1, 0.15) is 38.7 Å². The Kier molecular flexibility index (Phi) is 3.20. The smallest absolute Gasteiger partial charge is 0.247 e. The zero-order valence-corrected chi connectivity index (χ0v) is 10.6. The highest BCUT2D eigenvalue weighted by atomic mass is 16.7. The lowest BCUT2D eigenvalue weighted by molar-refractivity contribution is -0.147. The summed E-state index contributed by atoms with van der Waals surface area (Å²) in [5.74, 6) is 0.424. The van der Waals surface area contributed by atoms with Gasteiger partial charge in [-0.25, -0.2) is 5.48 Å². The van der Waals surface area contributed by atoms with Gasteiger partial charge in [-0.2, -0.15) is 0 Å². The summed E-state index contributed by atoms with van der Waals surface area (Å²) in [5, 5.41) is 0. The minimum Gasteiger partial charge on any atom is -0.272 e. The van der Waals surface area contributed by atoms with E-state index in [4.69, 9.17) is 4.84 Å². The van der Waals surface area contributed by atoms with Crippen molar-refractivity contribution in [3.8, 4) is 0 Å². The van der Waals surface area contributed by atoms with E-state index in [-0.39, 0.29) is 17.4 Å². The number of hydroxylamine groups is 1. The lowest BCUT2D eigenvalue weighted by Gasteiger charge is -2.18. The second kappa shape index (κ2) is 4.49. The van der Waals surface area contributed by atoms with Crippen LogP contribution in [0.3, 0.4) is 0 Å². The van der Waals surface area contributed by atoms with E-state index in [0.29, 0.717) is 5.92 Å². The number of nitrogens with one attached hydrogen (secondary N) is 1. The van der Waals surface area contributed by atoms with Crippen molar-refractivity contribution in [1.82, 2.24) is 5.48 Å². The van der Waals surface area contributed by atoms with Crippen LogP contribution in [0.5, 0.6) is 0 Å². The monoisotopic (exact) mass is 233 g/mol. The summed E-state index contributed by atoms with van der Waals surface area (Å²) in [4.78, 5) is 17.1. The van der Waals surface area contributed by atoms with Gasteiger partial charge in [0.25, 0.3) is 0 Å². The maximum absolute atomic E-state index is 11.8. The summed E-state index contributed by atoms with van der Waals surface area (Å²) >= 11 is 0. The van der Waals surface area contributed by atoms with E-state index in [1.807, 2.05) is 39.0 Å². The molecule has 1 aliphatic carbocycles. The Bertz CT molecular complexity index is 394. The van der Waals surface area contributed by atoms with E-state index in [1.54, 1.807) is 0 Å². The normalized spacial score (nSPS) is 23.2. The summed E-state index contributed by atoms with van der Waals surface area (Å²) in [6, 6.07) is 10.2. The van der Waals surface area contributed by atoms with E-state index in [9.17, 15) is 4.79 Å². The molecule has 1 amide bonds. The highest BCUT2D eigenvalue weighted by Crippen LogP contribution is 2.47. The summed E-state index contributed by atoms with van der Waals surface area (Å²) in [5.41, 5.74) is 3.44. The Labute approximate surface area is 102 Å². The SMILES string of the molecule is CC(C)(C)ONC(=O)C1CC1c1ccccc1. The number of carbonyl (C=O) groups excluding carboxylic acids is 1. The molecule has 0 aliphatic heterocycles. The lowest BCUT2D eigenvalue weighted by Crippen LogP contribution is -2.34. The zero-order chi connectivity index (χ0) is 12.5. The van der Waals surface area contributed by atoms with Gasteiger partial charge in [0, 0.05) is 5.92 Å². The second-order valence-electron chi connectivity index (χ2n) is 5.54. The molecule has 0 bridgehead atoms. The number of hydrogen-bond donors (Lipinski definition) is 1. The molecule has 2 atom stereocenters. The summed E-state index contributed by atoms with van der Waals surface area (Å²) in [6.07, 6.45) is 0.920. The summed E-state index contributed by atoms with van der Waals surface area (Å²) in [7, 11) is 0. The fraction of sp³-hybridized carbons (Fsp3) is 0.500. The molecule has 0 radical (unpaired) electrons. The molecular weight excluding hydrogens is 214 g/mol. The van der Waals surface area contributed by atoms with Crippen LogP contribution in [0.25, 0.3) is 0 Å². The highest BCUT2D eigenvalue weighted by molar-refractivity contribution is 5.81. The molecule has 2 unspecified atom stereocenters. The molecule has 1 aliphatic rings. The molecular formula is C14H19NO2. The molecule has 0 saturated heterocycles. The van der Waals surface area contributed by atoms with Gasteiger partial charge in [-0.15, -0.1) is 0 Å². The van der Waals surface area contributed by atoms with Crippen LogP contribution in [-0.4, -0.2) is 11.5 Å². The van der Waals surface area contributed by atoms with Crippen molar-refractivity contribution in [2.75, 3.05) is 0 Å². The van der Waals surface area contributed by atoms with Crippen molar-refractivity contribution in [3.63, 3.8) is 0 Å². The fourth-order valence-corrected chi connectivity index (χ4v) is 1.83. The third-order valence-electron chi connectivity index (χ3n) is 2.81. The van der Waals surface area contributed by atoms with Crippen molar-refractivity contribution in [2.24, 2.45) is 5.92 Å². The van der Waals surface area contributed by atoms with E-state index in [2.05, 4.69) is 17.6 Å². The average Bonchev–Trinajstić information content (AvgIpc) is 3.06. The first-order chi connectivity index (χ1) is 7.97. The highest BCUT2D eigenvalue weighted by Gasteiger charge is 2.44. The van der Waals surface area contributed by atoms with Gasteiger partial charge in [-0.3, -0.25) is 9.63 Å². The second-order valence-corrected chi connectivity index (χ2v) is 5.54. The van der Waals surface area contributed by atoms with Gasteiger partial charge in [0.05, 0.1) is 5.60 Å². The third-order valence-corrected chi connectivity index (χ3v) is 2.81. The molecule has 1 saturated carbocycles. The summed E-state index contributed by atoms with van der Waals surface area (Å²) < 4.78 is 0. The van der Waals surface area contributed by atoms with Crippen LogP contribution >= 0.6 is 0 Å². The van der Waals surface area contributed by atoms with E-state index < -0.39 is 0 Å². The maximum atomic E-state index is 11.8. The number of hydrogen-bond acceptors (Lipinski definition) is 2. The molecule has 3 heteroatoms. The first kappa shape index (κ1) is 12.1. The third kappa shape index (κ3) is 3.30. The minimum absolute atomic E-state index is 0.00576. The number of amides is 1. The van der Waals surface area contributed by atoms with Crippen molar-refractivity contribution >= 4 is 5.91 Å². The van der Waals surface area contributed by atoms with Crippen LogP contribution in [0.2, 0.25) is 0 Å². The molecule has 17 heavy (non-hydrogen) atoms. The first-order valence-electron chi connectivity index (χ1n) is 6.00. The van der Waals surface area contributed by atoms with Crippen LogP contribution in [0.4, 0.5) is 0 Å². The Morgan fingerprint density at radius 3 is 2.53 bits per heavy atom. The molecule has 1 fully saturated rings. The van der Waals surface area contributed by atoms with Gasteiger partial charge in [0.2, 0.25) is 5.91 Å². The molecule has 0 aromatic heterocycles. The molecule has 92 valence electrons. The Balaban J connectivity index is 1.85. The largest absolute Gasteiger partial charge is 0.272 e. The molecule has 0 spiro atoms. The molecule has 3 nitrogen and oxygen atoms in total. The maximum Gasteiger partial charge on any atom is 0.247 e. The first-order valence-corrected chi connectivity index (χ1v) is 6.00. The molecule has 2 rings (SSSR count). The number of rotatable bonds is 3. The topological polar surface area (TPSA) is 38.3 Å². The minimum atomic E-state index is -0.340. The Morgan fingerprint density at radius 2 is 1.94 bits per heavy atom. The van der Waals surface area contributed by atoms with Crippen molar-refractivity contribution in [2.45, 2.75) is 38.7 Å². The van der Waals surface area contributed by atoms with Gasteiger partial charge in [0.15, 0.2) is 0 Å². The molecule has 1 N–H and O–H groups in total. The number of carbonyl (C=O) groups is 1. The molecule has 1 aromatic rings. The van der Waals surface area contributed by atoms with Gasteiger partial charge in [-0.1, -0.05) is 30.3 Å². The van der Waals surface area contributed by atoms with Crippen molar-refractivity contribution in [1.29, 1.82) is 0 Å². The standard InChI is InChI=1S/C14H19NO2/c1-14(2,3)17-15-13(16)12-9-11(12)10-7-5-4-6-8-10/h4-8,11-12H,9H2,1-3H3,(H,15,16). The predicted molar refractivity (Wildman–Crippen MR) is 66.3 cm³/mol. The van der Waals surface area contributed by atoms with Crippen LogP contribution in [-0.2, 0) is 9.63 Å². The van der Waals surface area contributed by atoms with E-state index in [1.165, 1.54) is 5.56 Å². The van der Waals surface area contributed by atoms with E-state index >= 15 is 0 Å². The Hall–Kier alpha value is -1.35. The van der Waals surface area contributed by atoms with Crippen molar-refractivity contribution < 1.29 is 9.63 Å². The molecule has 0 heterocycles. The van der Waals surface area contributed by atoms with Crippen LogP contribution in [0.15, 0.2) is 30.3 Å². The summed E-state index contributed by atoms with van der Waals surface area (Å²) in [6.45, 7) is 5.73.